The number of rotatable bonds is 5. The van der Waals surface area contributed by atoms with Crippen LogP contribution < -0.4 is 10.6 Å². The Hall–Kier alpha value is -3.41. The molecule has 6 heteroatoms. The quantitative estimate of drug-likeness (QED) is 0.642. The number of anilines is 4. The lowest BCUT2D eigenvalue weighted by Crippen LogP contribution is -2.07. The third-order valence-corrected chi connectivity index (χ3v) is 4.16. The fourth-order valence-electron chi connectivity index (χ4n) is 2.99. The second kappa shape index (κ2) is 7.86. The normalized spacial score (nSPS) is 10.4. The summed E-state index contributed by atoms with van der Waals surface area (Å²) in [4.78, 5) is 20.7. The number of benzene rings is 2. The Morgan fingerprint density at radius 3 is 2.41 bits per heavy atom. The van der Waals surface area contributed by atoms with Crippen molar-refractivity contribution >= 4 is 29.1 Å². The molecule has 0 aliphatic heterocycles. The molecule has 0 bridgehead atoms. The molecule has 0 saturated heterocycles. The van der Waals surface area contributed by atoms with E-state index in [0.717, 1.165) is 16.8 Å². The molecule has 1 aromatic heterocycles. The fraction of sp³-hybridized carbons (Fsp3) is 0.190. The molecule has 0 spiro atoms. The molecule has 138 valence electrons. The maximum absolute atomic E-state index is 11.9. The lowest BCUT2D eigenvalue weighted by atomic mass is 10.1. The van der Waals surface area contributed by atoms with Gasteiger partial charge in [0.05, 0.1) is 18.4 Å². The number of nitrogens with zero attached hydrogens (tertiary/aromatic N) is 2. The minimum absolute atomic E-state index is 0.388. The molecule has 0 radical (unpaired) electrons. The van der Waals surface area contributed by atoms with E-state index in [4.69, 9.17) is 4.74 Å². The predicted octanol–water partition coefficient (Wildman–Crippen LogP) is 4.68. The van der Waals surface area contributed by atoms with Crippen LogP contribution in [-0.2, 0) is 4.74 Å². The van der Waals surface area contributed by atoms with Crippen molar-refractivity contribution in [2.45, 2.75) is 20.8 Å². The van der Waals surface area contributed by atoms with Gasteiger partial charge in [-0.3, -0.25) is 0 Å². The lowest BCUT2D eigenvalue weighted by molar-refractivity contribution is 0.0602. The molecule has 0 unspecified atom stereocenters. The van der Waals surface area contributed by atoms with Gasteiger partial charge in [0.15, 0.2) is 0 Å². The summed E-state index contributed by atoms with van der Waals surface area (Å²) in [6.07, 6.45) is 1.66. The number of hydrogen-bond acceptors (Lipinski definition) is 6. The van der Waals surface area contributed by atoms with Gasteiger partial charge in [-0.15, -0.1) is 0 Å². The molecule has 0 saturated carbocycles. The number of aryl methyl sites for hydroxylation is 3. The van der Waals surface area contributed by atoms with Crippen LogP contribution in [0.4, 0.5) is 23.1 Å². The largest absolute Gasteiger partial charge is 0.465 e. The van der Waals surface area contributed by atoms with E-state index >= 15 is 0 Å². The summed E-state index contributed by atoms with van der Waals surface area (Å²) < 4.78 is 4.82. The maximum Gasteiger partial charge on any atom is 0.339 e. The Morgan fingerprint density at radius 2 is 1.70 bits per heavy atom. The van der Waals surface area contributed by atoms with Crippen LogP contribution in [0.2, 0.25) is 0 Å². The van der Waals surface area contributed by atoms with Gasteiger partial charge in [-0.1, -0.05) is 29.8 Å². The fourth-order valence-corrected chi connectivity index (χ4v) is 2.99. The SMILES string of the molecule is COC(=O)c1ccccc1Nc1nccc(Nc2c(C)cc(C)cc2C)n1. The Morgan fingerprint density at radius 1 is 1.00 bits per heavy atom. The number of para-hydroxylation sites is 1. The van der Waals surface area contributed by atoms with Crippen LogP contribution in [0.5, 0.6) is 0 Å². The maximum atomic E-state index is 11.9. The molecule has 0 aliphatic rings. The van der Waals surface area contributed by atoms with Gasteiger partial charge in [0.2, 0.25) is 5.95 Å². The summed E-state index contributed by atoms with van der Waals surface area (Å²) >= 11 is 0. The Kier molecular flexibility index (Phi) is 5.35. The Balaban J connectivity index is 1.87. The molecule has 3 aromatic rings. The molecule has 0 aliphatic carbocycles. The monoisotopic (exact) mass is 362 g/mol. The third-order valence-electron chi connectivity index (χ3n) is 4.16. The molecule has 0 amide bonds. The second-order valence-electron chi connectivity index (χ2n) is 6.33. The highest BCUT2D eigenvalue weighted by Crippen LogP contribution is 2.26. The zero-order valence-electron chi connectivity index (χ0n) is 15.8. The summed E-state index contributed by atoms with van der Waals surface area (Å²) in [5, 5.41) is 6.45. The van der Waals surface area contributed by atoms with Gasteiger partial charge >= 0.3 is 5.97 Å². The van der Waals surface area contributed by atoms with Crippen molar-refractivity contribution in [3.63, 3.8) is 0 Å². The van der Waals surface area contributed by atoms with Crippen molar-refractivity contribution in [2.24, 2.45) is 0 Å². The average Bonchev–Trinajstić information content (AvgIpc) is 2.65. The second-order valence-corrected chi connectivity index (χ2v) is 6.33. The number of hydrogen-bond donors (Lipinski definition) is 2. The zero-order chi connectivity index (χ0) is 19.4. The molecular weight excluding hydrogens is 340 g/mol. The summed E-state index contributed by atoms with van der Waals surface area (Å²) in [6, 6.07) is 13.1. The highest BCUT2D eigenvalue weighted by Gasteiger charge is 2.12. The molecule has 1 heterocycles. The van der Waals surface area contributed by atoms with Crippen LogP contribution in [0.15, 0.2) is 48.7 Å². The smallest absolute Gasteiger partial charge is 0.339 e. The number of nitrogens with one attached hydrogen (secondary N) is 2. The Bertz CT molecular complexity index is 962. The van der Waals surface area contributed by atoms with Crippen LogP contribution in [0.3, 0.4) is 0 Å². The van der Waals surface area contributed by atoms with E-state index < -0.39 is 5.97 Å². The van der Waals surface area contributed by atoms with E-state index in [0.29, 0.717) is 23.0 Å². The first-order valence-corrected chi connectivity index (χ1v) is 8.60. The van der Waals surface area contributed by atoms with Crippen molar-refractivity contribution in [3.8, 4) is 0 Å². The number of carbonyl (C=O) groups is 1. The number of aromatic nitrogens is 2. The van der Waals surface area contributed by atoms with Crippen LogP contribution in [-0.4, -0.2) is 23.0 Å². The molecule has 3 rings (SSSR count). The first-order valence-electron chi connectivity index (χ1n) is 8.60. The van der Waals surface area contributed by atoms with Gasteiger partial charge in [0.25, 0.3) is 0 Å². The molecule has 0 fully saturated rings. The van der Waals surface area contributed by atoms with Crippen molar-refractivity contribution in [3.05, 3.63) is 70.9 Å². The van der Waals surface area contributed by atoms with Crippen LogP contribution in [0.1, 0.15) is 27.0 Å². The first kappa shape index (κ1) is 18.4. The van der Waals surface area contributed by atoms with E-state index in [-0.39, 0.29) is 0 Å². The molecule has 0 atom stereocenters. The summed E-state index contributed by atoms with van der Waals surface area (Å²) in [5.41, 5.74) is 5.56. The summed E-state index contributed by atoms with van der Waals surface area (Å²) in [6.45, 7) is 6.21. The third kappa shape index (κ3) is 4.23. The summed E-state index contributed by atoms with van der Waals surface area (Å²) in [7, 11) is 1.35. The molecule has 2 N–H and O–H groups in total. The van der Waals surface area contributed by atoms with Gasteiger partial charge in [0, 0.05) is 11.9 Å². The van der Waals surface area contributed by atoms with Crippen molar-refractivity contribution in [1.29, 1.82) is 0 Å². The predicted molar refractivity (Wildman–Crippen MR) is 107 cm³/mol. The van der Waals surface area contributed by atoms with Gasteiger partial charge in [-0.25, -0.2) is 9.78 Å². The molecular formula is C21H22N4O2. The topological polar surface area (TPSA) is 76.1 Å². The lowest BCUT2D eigenvalue weighted by Gasteiger charge is -2.14. The minimum atomic E-state index is -0.418. The number of ether oxygens (including phenoxy) is 1. The standard InChI is InChI=1S/C21H22N4O2/c1-13-11-14(2)19(15(3)12-13)24-18-9-10-22-21(25-18)23-17-8-6-5-7-16(17)20(26)27-4/h5-12H,1-4H3,(H2,22,23,24,25). The Labute approximate surface area is 158 Å². The van der Waals surface area contributed by atoms with Crippen molar-refractivity contribution in [2.75, 3.05) is 17.7 Å². The van der Waals surface area contributed by atoms with Gasteiger partial charge < -0.3 is 15.4 Å². The highest BCUT2D eigenvalue weighted by molar-refractivity contribution is 5.96. The van der Waals surface area contributed by atoms with Crippen LogP contribution >= 0.6 is 0 Å². The van der Waals surface area contributed by atoms with Gasteiger partial charge in [-0.05, 0) is 50.1 Å². The number of esters is 1. The number of methoxy groups -OCH3 is 1. The average molecular weight is 362 g/mol. The summed E-state index contributed by atoms with van der Waals surface area (Å²) in [5.74, 6) is 0.634. The van der Waals surface area contributed by atoms with Crippen molar-refractivity contribution in [1.82, 2.24) is 9.97 Å². The van der Waals surface area contributed by atoms with E-state index in [1.807, 2.05) is 6.07 Å². The van der Waals surface area contributed by atoms with Crippen molar-refractivity contribution < 1.29 is 9.53 Å². The van der Waals surface area contributed by atoms with Crippen LogP contribution in [0.25, 0.3) is 0 Å². The van der Waals surface area contributed by atoms with E-state index in [1.165, 1.54) is 12.7 Å². The van der Waals surface area contributed by atoms with Gasteiger partial charge in [0.1, 0.15) is 5.82 Å². The van der Waals surface area contributed by atoms with Gasteiger partial charge in [-0.2, -0.15) is 4.98 Å². The molecule has 27 heavy (non-hydrogen) atoms. The van der Waals surface area contributed by atoms with E-state index in [2.05, 4.69) is 53.5 Å². The van der Waals surface area contributed by atoms with Crippen LogP contribution in [0, 0.1) is 20.8 Å². The van der Waals surface area contributed by atoms with E-state index in [1.54, 1.807) is 30.5 Å². The first-order chi connectivity index (χ1) is 13.0. The highest BCUT2D eigenvalue weighted by atomic mass is 16.5. The minimum Gasteiger partial charge on any atom is -0.465 e. The zero-order valence-corrected chi connectivity index (χ0v) is 15.8. The molecule has 6 nitrogen and oxygen atoms in total. The molecule has 2 aromatic carbocycles. The number of carbonyl (C=O) groups excluding carboxylic acids is 1. The van der Waals surface area contributed by atoms with E-state index in [9.17, 15) is 4.79 Å².